The smallest absolute Gasteiger partial charge is 0.240 e. The standard InChI is InChI=1S/C17H17BrN2O4S2/c1-24-17(11-21,16-20-14-4-2-3-5-15(14)25-16)10-19-26(22,23)13-8-6-12(18)7-9-13/h2-9,19,21H,10-11H2,1H3. The van der Waals surface area contributed by atoms with Gasteiger partial charge in [-0.1, -0.05) is 28.1 Å². The predicted octanol–water partition coefficient (Wildman–Crippen LogP) is 2.87. The number of benzene rings is 2. The summed E-state index contributed by atoms with van der Waals surface area (Å²) in [7, 11) is -2.33. The molecule has 0 aliphatic rings. The molecular formula is C17H17BrN2O4S2. The molecule has 0 aliphatic carbocycles. The molecule has 26 heavy (non-hydrogen) atoms. The number of nitrogens with zero attached hydrogens (tertiary/aromatic N) is 1. The average Bonchev–Trinajstić information content (AvgIpc) is 3.08. The van der Waals surface area contributed by atoms with Crippen LogP contribution < -0.4 is 4.72 Å². The highest BCUT2D eigenvalue weighted by molar-refractivity contribution is 9.10. The van der Waals surface area contributed by atoms with Crippen LogP contribution in [0.3, 0.4) is 0 Å². The van der Waals surface area contributed by atoms with Gasteiger partial charge in [-0.25, -0.2) is 18.1 Å². The summed E-state index contributed by atoms with van der Waals surface area (Å²) >= 11 is 4.64. The molecule has 0 spiro atoms. The van der Waals surface area contributed by atoms with E-state index in [-0.39, 0.29) is 11.4 Å². The molecule has 0 aliphatic heterocycles. The Bertz CT molecular complexity index is 966. The maximum atomic E-state index is 12.5. The second-order valence-corrected chi connectivity index (χ2v) is 9.34. The first-order chi connectivity index (χ1) is 12.4. The maximum absolute atomic E-state index is 12.5. The molecular weight excluding hydrogens is 440 g/mol. The lowest BCUT2D eigenvalue weighted by Crippen LogP contribution is -2.44. The van der Waals surface area contributed by atoms with E-state index < -0.39 is 22.2 Å². The molecule has 0 saturated carbocycles. The third-order valence-electron chi connectivity index (χ3n) is 4.00. The summed E-state index contributed by atoms with van der Waals surface area (Å²) in [5, 5.41) is 10.5. The van der Waals surface area contributed by atoms with Gasteiger partial charge in [-0.3, -0.25) is 0 Å². The van der Waals surface area contributed by atoms with Gasteiger partial charge >= 0.3 is 0 Å². The van der Waals surface area contributed by atoms with E-state index in [4.69, 9.17) is 4.74 Å². The van der Waals surface area contributed by atoms with Crippen molar-refractivity contribution in [3.8, 4) is 0 Å². The SMILES string of the molecule is COC(CO)(CNS(=O)(=O)c1ccc(Br)cc1)c1nc2ccccc2s1. The van der Waals surface area contributed by atoms with Gasteiger partial charge < -0.3 is 9.84 Å². The van der Waals surface area contributed by atoms with Crippen molar-refractivity contribution in [2.75, 3.05) is 20.3 Å². The first kappa shape index (κ1) is 19.4. The van der Waals surface area contributed by atoms with Gasteiger partial charge in [-0.15, -0.1) is 11.3 Å². The number of halogens is 1. The summed E-state index contributed by atoms with van der Waals surface area (Å²) in [6.45, 7) is -0.551. The van der Waals surface area contributed by atoms with Crippen molar-refractivity contribution < 1.29 is 18.3 Å². The molecule has 3 rings (SSSR count). The molecule has 1 atom stereocenters. The van der Waals surface area contributed by atoms with Crippen LogP contribution in [-0.4, -0.2) is 38.8 Å². The Morgan fingerprint density at radius 3 is 2.54 bits per heavy atom. The van der Waals surface area contributed by atoms with E-state index in [0.717, 1.165) is 14.7 Å². The number of thiazole rings is 1. The molecule has 138 valence electrons. The summed E-state index contributed by atoms with van der Waals surface area (Å²) in [5.74, 6) is 0. The fraction of sp³-hybridized carbons (Fsp3) is 0.235. The summed E-state index contributed by atoms with van der Waals surface area (Å²) < 4.78 is 34.8. The predicted molar refractivity (Wildman–Crippen MR) is 105 cm³/mol. The van der Waals surface area contributed by atoms with Crippen LogP contribution in [0.15, 0.2) is 57.9 Å². The topological polar surface area (TPSA) is 88.5 Å². The van der Waals surface area contributed by atoms with Crippen LogP contribution >= 0.6 is 27.3 Å². The number of fused-ring (bicyclic) bond motifs is 1. The Balaban J connectivity index is 1.89. The number of rotatable bonds is 7. The van der Waals surface area contributed by atoms with Crippen LogP contribution in [-0.2, 0) is 20.4 Å². The van der Waals surface area contributed by atoms with Crippen LogP contribution in [0.2, 0.25) is 0 Å². The Hall–Kier alpha value is -1.36. The van der Waals surface area contributed by atoms with Gasteiger partial charge in [0, 0.05) is 18.1 Å². The van der Waals surface area contributed by atoms with Crippen molar-refractivity contribution in [3.63, 3.8) is 0 Å². The lowest BCUT2D eigenvalue weighted by Gasteiger charge is -2.28. The summed E-state index contributed by atoms with van der Waals surface area (Å²) in [6.07, 6.45) is 0. The summed E-state index contributed by atoms with van der Waals surface area (Å²) in [6, 6.07) is 13.8. The zero-order valence-electron chi connectivity index (χ0n) is 13.8. The molecule has 0 amide bonds. The molecule has 0 fully saturated rings. The highest BCUT2D eigenvalue weighted by atomic mass is 79.9. The minimum atomic E-state index is -3.75. The number of sulfonamides is 1. The molecule has 0 saturated heterocycles. The number of aliphatic hydroxyl groups is 1. The number of aromatic nitrogens is 1. The van der Waals surface area contributed by atoms with Crippen LogP contribution in [0.25, 0.3) is 10.2 Å². The van der Waals surface area contributed by atoms with Crippen molar-refractivity contribution in [2.45, 2.75) is 10.5 Å². The van der Waals surface area contributed by atoms with Crippen LogP contribution in [0, 0.1) is 0 Å². The maximum Gasteiger partial charge on any atom is 0.240 e. The minimum Gasteiger partial charge on any atom is -0.393 e. The Kier molecular flexibility index (Phi) is 5.75. The van der Waals surface area contributed by atoms with Crippen LogP contribution in [0.1, 0.15) is 5.01 Å². The molecule has 1 heterocycles. The van der Waals surface area contributed by atoms with Gasteiger partial charge in [0.2, 0.25) is 10.0 Å². The molecule has 1 unspecified atom stereocenters. The number of hydrogen-bond donors (Lipinski definition) is 2. The number of aliphatic hydroxyl groups excluding tert-OH is 1. The summed E-state index contributed by atoms with van der Waals surface area (Å²) in [5.41, 5.74) is -0.482. The van der Waals surface area contributed by atoms with E-state index in [1.807, 2.05) is 24.3 Å². The van der Waals surface area contributed by atoms with E-state index in [9.17, 15) is 13.5 Å². The summed E-state index contributed by atoms with van der Waals surface area (Å²) in [4.78, 5) is 4.64. The Morgan fingerprint density at radius 2 is 1.92 bits per heavy atom. The van der Waals surface area contributed by atoms with Crippen molar-refractivity contribution in [1.29, 1.82) is 0 Å². The largest absolute Gasteiger partial charge is 0.393 e. The van der Waals surface area contributed by atoms with E-state index in [1.54, 1.807) is 12.1 Å². The molecule has 1 aromatic heterocycles. The zero-order valence-corrected chi connectivity index (χ0v) is 17.1. The van der Waals surface area contributed by atoms with Gasteiger partial charge in [0.05, 0.1) is 21.7 Å². The Labute approximate surface area is 164 Å². The fourth-order valence-corrected chi connectivity index (χ4v) is 4.87. The quantitative estimate of drug-likeness (QED) is 0.570. The van der Waals surface area contributed by atoms with Crippen molar-refractivity contribution in [2.24, 2.45) is 0 Å². The minimum absolute atomic E-state index is 0.132. The highest BCUT2D eigenvalue weighted by Crippen LogP contribution is 2.32. The molecule has 0 radical (unpaired) electrons. The third kappa shape index (κ3) is 3.83. The highest BCUT2D eigenvalue weighted by Gasteiger charge is 2.36. The van der Waals surface area contributed by atoms with Crippen molar-refractivity contribution in [3.05, 3.63) is 58.0 Å². The second kappa shape index (κ2) is 7.71. The van der Waals surface area contributed by atoms with Gasteiger partial charge in [0.15, 0.2) is 5.60 Å². The number of nitrogens with one attached hydrogen (secondary N) is 1. The fourth-order valence-electron chi connectivity index (χ4n) is 2.40. The molecule has 3 aromatic rings. The number of para-hydroxylation sites is 1. The molecule has 0 bridgehead atoms. The normalized spacial score (nSPS) is 14.4. The third-order valence-corrected chi connectivity index (χ3v) is 7.17. The number of hydrogen-bond acceptors (Lipinski definition) is 6. The van der Waals surface area contributed by atoms with E-state index in [0.29, 0.717) is 5.01 Å². The van der Waals surface area contributed by atoms with E-state index in [1.165, 1.54) is 30.6 Å². The monoisotopic (exact) mass is 456 g/mol. The number of methoxy groups -OCH3 is 1. The van der Waals surface area contributed by atoms with Gasteiger partial charge in [0.25, 0.3) is 0 Å². The molecule has 2 aromatic carbocycles. The molecule has 2 N–H and O–H groups in total. The van der Waals surface area contributed by atoms with Crippen LogP contribution in [0.4, 0.5) is 0 Å². The van der Waals surface area contributed by atoms with Crippen molar-refractivity contribution >= 4 is 47.5 Å². The molecule has 6 nitrogen and oxygen atoms in total. The van der Waals surface area contributed by atoms with Gasteiger partial charge in [0.1, 0.15) is 5.01 Å². The van der Waals surface area contributed by atoms with E-state index >= 15 is 0 Å². The molecule has 9 heteroatoms. The van der Waals surface area contributed by atoms with Crippen molar-refractivity contribution in [1.82, 2.24) is 9.71 Å². The second-order valence-electron chi connectivity index (χ2n) is 5.62. The number of ether oxygens (including phenoxy) is 1. The Morgan fingerprint density at radius 1 is 1.23 bits per heavy atom. The zero-order chi connectivity index (χ0) is 18.8. The lowest BCUT2D eigenvalue weighted by molar-refractivity contribution is -0.0521. The van der Waals surface area contributed by atoms with Crippen LogP contribution in [0.5, 0.6) is 0 Å². The van der Waals surface area contributed by atoms with E-state index in [2.05, 4.69) is 25.6 Å². The van der Waals surface area contributed by atoms with Gasteiger partial charge in [-0.2, -0.15) is 0 Å². The first-order valence-corrected chi connectivity index (χ1v) is 10.8. The van der Waals surface area contributed by atoms with Gasteiger partial charge in [-0.05, 0) is 36.4 Å². The average molecular weight is 457 g/mol. The lowest BCUT2D eigenvalue weighted by atomic mass is 10.1. The first-order valence-electron chi connectivity index (χ1n) is 7.67.